The van der Waals surface area contributed by atoms with E-state index in [1.54, 1.807) is 18.2 Å². The van der Waals surface area contributed by atoms with Crippen molar-refractivity contribution in [3.05, 3.63) is 23.2 Å². The molecule has 2 unspecified atom stereocenters. The Hall–Kier alpha value is -1.07. The van der Waals surface area contributed by atoms with Gasteiger partial charge in [-0.2, -0.15) is 0 Å². The van der Waals surface area contributed by atoms with Crippen LogP contribution in [0.5, 0.6) is 0 Å². The smallest absolute Gasteiger partial charge is 0.237 e. The maximum Gasteiger partial charge on any atom is 0.237 e. The first-order chi connectivity index (χ1) is 8.92. The fraction of sp³-hybridized carbons (Fsp3) is 0.462. The Balaban J connectivity index is 2.55. The average molecular weight is 303 g/mol. The highest BCUT2D eigenvalue weighted by Gasteiger charge is 2.12. The lowest BCUT2D eigenvalue weighted by Gasteiger charge is -2.10. The number of halogens is 1. The van der Waals surface area contributed by atoms with Gasteiger partial charge < -0.3 is 11.1 Å². The fourth-order valence-corrected chi connectivity index (χ4v) is 2.99. The largest absolute Gasteiger partial charge is 0.397 e. The average Bonchev–Trinajstić information content (AvgIpc) is 2.33. The van der Waals surface area contributed by atoms with E-state index in [-0.39, 0.29) is 11.7 Å². The number of carbonyl (C=O) groups is 1. The molecule has 1 aromatic rings. The molecular weight excluding hydrogens is 284 g/mol. The van der Waals surface area contributed by atoms with Crippen LogP contribution in [-0.2, 0) is 15.6 Å². The van der Waals surface area contributed by atoms with Crippen LogP contribution in [0, 0.1) is 5.92 Å². The third-order valence-corrected chi connectivity index (χ3v) is 4.51. The predicted molar refractivity (Wildman–Crippen MR) is 81.8 cm³/mol. The predicted octanol–water partition coefficient (Wildman–Crippen LogP) is 2.66. The van der Waals surface area contributed by atoms with E-state index in [4.69, 9.17) is 17.3 Å². The number of nitrogen functional groups attached to an aromatic ring is 1. The highest BCUT2D eigenvalue weighted by Crippen LogP contribution is 2.22. The lowest BCUT2D eigenvalue weighted by Crippen LogP contribution is -2.23. The van der Waals surface area contributed by atoms with Crippen molar-refractivity contribution in [2.24, 2.45) is 5.92 Å². The van der Waals surface area contributed by atoms with Gasteiger partial charge in [0.25, 0.3) is 0 Å². The van der Waals surface area contributed by atoms with Gasteiger partial charge in [0.2, 0.25) is 5.91 Å². The Morgan fingerprint density at radius 3 is 2.84 bits per heavy atom. The number of nitrogens with one attached hydrogen (secondary N) is 1. The number of hydrogen-bond acceptors (Lipinski definition) is 3. The maximum atomic E-state index is 11.8. The summed E-state index contributed by atoms with van der Waals surface area (Å²) >= 11 is 5.83. The van der Waals surface area contributed by atoms with Crippen LogP contribution < -0.4 is 11.1 Å². The van der Waals surface area contributed by atoms with Crippen LogP contribution in [0.25, 0.3) is 0 Å². The molecule has 0 bridgehead atoms. The van der Waals surface area contributed by atoms with Crippen LogP contribution in [0.4, 0.5) is 11.4 Å². The lowest BCUT2D eigenvalue weighted by atomic mass is 10.2. The monoisotopic (exact) mass is 302 g/mol. The van der Waals surface area contributed by atoms with Crippen LogP contribution in [0.1, 0.15) is 20.3 Å². The molecule has 1 aromatic carbocycles. The second-order valence-electron chi connectivity index (χ2n) is 4.54. The molecule has 0 saturated heterocycles. The van der Waals surface area contributed by atoms with Gasteiger partial charge in [0.15, 0.2) is 0 Å². The van der Waals surface area contributed by atoms with Crippen molar-refractivity contribution in [3.63, 3.8) is 0 Å². The van der Waals surface area contributed by atoms with Crippen LogP contribution in [0.2, 0.25) is 5.02 Å². The summed E-state index contributed by atoms with van der Waals surface area (Å²) in [6, 6.07) is 4.84. The zero-order valence-corrected chi connectivity index (χ0v) is 12.7. The molecule has 0 aliphatic rings. The summed E-state index contributed by atoms with van der Waals surface area (Å²) in [6.45, 7) is 4.05. The van der Waals surface area contributed by atoms with Gasteiger partial charge in [0, 0.05) is 21.6 Å². The molecule has 1 rings (SSSR count). The number of benzene rings is 1. The molecule has 3 N–H and O–H groups in total. The van der Waals surface area contributed by atoms with Crippen LogP contribution >= 0.6 is 11.6 Å². The number of amides is 1. The molecule has 0 heterocycles. The zero-order chi connectivity index (χ0) is 14.4. The number of carbonyl (C=O) groups excluding carboxylic acids is 1. The zero-order valence-electron chi connectivity index (χ0n) is 11.1. The van der Waals surface area contributed by atoms with E-state index in [1.165, 1.54) is 0 Å². The first-order valence-corrected chi connectivity index (χ1v) is 7.98. The normalized spacial score (nSPS) is 13.8. The molecule has 0 fully saturated rings. The topological polar surface area (TPSA) is 72.2 Å². The van der Waals surface area contributed by atoms with Gasteiger partial charge >= 0.3 is 0 Å². The molecule has 6 heteroatoms. The second kappa shape index (κ2) is 7.50. The highest BCUT2D eigenvalue weighted by molar-refractivity contribution is 7.85. The second-order valence-corrected chi connectivity index (χ2v) is 6.48. The SMILES string of the molecule is CCC(C)CS(=O)CC(=O)Nc1cc(Cl)ccc1N. The Morgan fingerprint density at radius 2 is 2.21 bits per heavy atom. The maximum absolute atomic E-state index is 11.8. The van der Waals surface area contributed by atoms with Crippen LogP contribution in [-0.4, -0.2) is 21.6 Å². The van der Waals surface area contributed by atoms with Gasteiger partial charge in [-0.25, -0.2) is 0 Å². The molecule has 0 saturated carbocycles. The van der Waals surface area contributed by atoms with Crippen molar-refractivity contribution in [2.45, 2.75) is 20.3 Å². The Labute approximate surface area is 121 Å². The minimum absolute atomic E-state index is 0.0176. The van der Waals surface area contributed by atoms with E-state index in [0.29, 0.717) is 28.1 Å². The summed E-state index contributed by atoms with van der Waals surface area (Å²) in [5.41, 5.74) is 6.61. The standard InChI is InChI=1S/C13H19ClN2O2S/c1-3-9(2)7-19(18)8-13(17)16-12-6-10(14)4-5-11(12)15/h4-6,9H,3,7-8,15H2,1-2H3,(H,16,17). The minimum atomic E-state index is -1.15. The van der Waals surface area contributed by atoms with Gasteiger partial charge in [-0.3, -0.25) is 9.00 Å². The third kappa shape index (κ3) is 5.61. The Morgan fingerprint density at radius 1 is 1.53 bits per heavy atom. The van der Waals surface area contributed by atoms with Gasteiger partial charge in [-0.05, 0) is 24.1 Å². The van der Waals surface area contributed by atoms with Crippen molar-refractivity contribution in [3.8, 4) is 0 Å². The van der Waals surface area contributed by atoms with Gasteiger partial charge in [0.05, 0.1) is 11.4 Å². The summed E-state index contributed by atoms with van der Waals surface area (Å²) in [5.74, 6) is 0.561. The van der Waals surface area contributed by atoms with Gasteiger partial charge in [0.1, 0.15) is 5.75 Å². The molecule has 2 atom stereocenters. The van der Waals surface area contributed by atoms with Crippen molar-refractivity contribution in [1.29, 1.82) is 0 Å². The molecule has 0 aliphatic carbocycles. The van der Waals surface area contributed by atoms with E-state index in [9.17, 15) is 9.00 Å². The molecule has 0 aromatic heterocycles. The van der Waals surface area contributed by atoms with Gasteiger partial charge in [-0.1, -0.05) is 31.9 Å². The first-order valence-electron chi connectivity index (χ1n) is 6.12. The Bertz CT molecular complexity index is 480. The van der Waals surface area contributed by atoms with E-state index >= 15 is 0 Å². The molecule has 0 aliphatic heterocycles. The lowest BCUT2D eigenvalue weighted by molar-refractivity contribution is -0.113. The summed E-state index contributed by atoms with van der Waals surface area (Å²) in [7, 11) is -1.15. The van der Waals surface area contributed by atoms with E-state index in [2.05, 4.69) is 5.32 Å². The summed E-state index contributed by atoms with van der Waals surface area (Å²) in [6.07, 6.45) is 0.953. The van der Waals surface area contributed by atoms with Crippen molar-refractivity contribution < 1.29 is 9.00 Å². The first kappa shape index (κ1) is 16.0. The van der Waals surface area contributed by atoms with Crippen LogP contribution in [0.3, 0.4) is 0 Å². The number of hydrogen-bond donors (Lipinski definition) is 2. The van der Waals surface area contributed by atoms with E-state index < -0.39 is 10.8 Å². The molecule has 19 heavy (non-hydrogen) atoms. The Kier molecular flexibility index (Phi) is 6.31. The molecule has 4 nitrogen and oxygen atoms in total. The third-order valence-electron chi connectivity index (χ3n) is 2.75. The van der Waals surface area contributed by atoms with Crippen molar-refractivity contribution >= 4 is 39.7 Å². The summed E-state index contributed by atoms with van der Waals surface area (Å²) < 4.78 is 11.8. The minimum Gasteiger partial charge on any atom is -0.397 e. The molecular formula is C13H19ClN2O2S. The van der Waals surface area contributed by atoms with Crippen molar-refractivity contribution in [2.75, 3.05) is 22.6 Å². The highest BCUT2D eigenvalue weighted by atomic mass is 35.5. The van der Waals surface area contributed by atoms with Crippen molar-refractivity contribution in [1.82, 2.24) is 0 Å². The molecule has 1 amide bonds. The summed E-state index contributed by atoms with van der Waals surface area (Å²) in [5, 5.41) is 3.12. The number of rotatable bonds is 6. The van der Waals surface area contributed by atoms with E-state index in [1.807, 2.05) is 13.8 Å². The van der Waals surface area contributed by atoms with Crippen LogP contribution in [0.15, 0.2) is 18.2 Å². The molecule has 0 spiro atoms. The molecule has 0 radical (unpaired) electrons. The summed E-state index contributed by atoms with van der Waals surface area (Å²) in [4.78, 5) is 11.8. The molecule has 106 valence electrons. The number of anilines is 2. The number of nitrogens with two attached hydrogens (primary N) is 1. The quantitative estimate of drug-likeness (QED) is 0.794. The fourth-order valence-electron chi connectivity index (χ4n) is 1.46. The van der Waals surface area contributed by atoms with Gasteiger partial charge in [-0.15, -0.1) is 0 Å². The van der Waals surface area contributed by atoms with E-state index in [0.717, 1.165) is 6.42 Å².